The van der Waals surface area contributed by atoms with Gasteiger partial charge in [-0.25, -0.2) is 24.0 Å². The zero-order valence-electron chi connectivity index (χ0n) is 40.2. The SMILES string of the molecule is C=CC(=O)OCCOC(=O)NCC1(C)CC(NC(O)C(C)(C)OCCCCC(C)(C)OC(=O)NC2CC(C)(CC)CC(CC)(CNC(=O)OCCOC(=O)C=C)C2)CC(C)(CC)C1. The first kappa shape index (κ1) is 55.2. The Morgan fingerprint density at radius 2 is 1.17 bits per heavy atom. The van der Waals surface area contributed by atoms with E-state index < -0.39 is 47.6 Å². The van der Waals surface area contributed by atoms with Crippen LogP contribution in [-0.2, 0) is 38.0 Å². The van der Waals surface area contributed by atoms with Crippen LogP contribution in [0.3, 0.4) is 0 Å². The average molecular weight is 895 g/mol. The molecule has 2 saturated carbocycles. The Hall–Kier alpha value is -3.89. The van der Waals surface area contributed by atoms with Crippen molar-refractivity contribution in [1.29, 1.82) is 0 Å². The van der Waals surface area contributed by atoms with Crippen molar-refractivity contribution in [3.63, 3.8) is 0 Å². The molecule has 2 aliphatic carbocycles. The number of nitrogens with one attached hydrogen (secondary N) is 4. The summed E-state index contributed by atoms with van der Waals surface area (Å²) >= 11 is 0. The topological polar surface area (TPSA) is 209 Å². The Kier molecular flexibility index (Phi) is 21.9. The largest absolute Gasteiger partial charge is 0.459 e. The summed E-state index contributed by atoms with van der Waals surface area (Å²) in [6.07, 6.45) is 9.01. The summed E-state index contributed by atoms with van der Waals surface area (Å²) in [5.74, 6) is -1.16. The monoisotopic (exact) mass is 895 g/mol. The molecule has 0 radical (unpaired) electrons. The minimum absolute atomic E-state index is 0.0134. The second-order valence-electron chi connectivity index (χ2n) is 20.1. The van der Waals surface area contributed by atoms with E-state index in [1.54, 1.807) is 0 Å². The van der Waals surface area contributed by atoms with Crippen molar-refractivity contribution >= 4 is 30.2 Å². The molecule has 7 atom stereocenters. The number of unbranched alkanes of at least 4 members (excludes halogenated alkanes) is 1. The van der Waals surface area contributed by atoms with Crippen LogP contribution in [0.25, 0.3) is 0 Å². The van der Waals surface area contributed by atoms with Crippen molar-refractivity contribution in [1.82, 2.24) is 21.3 Å². The molecule has 0 spiro atoms. The van der Waals surface area contributed by atoms with E-state index in [-0.39, 0.29) is 60.2 Å². The van der Waals surface area contributed by atoms with Crippen LogP contribution in [0.15, 0.2) is 25.3 Å². The van der Waals surface area contributed by atoms with Gasteiger partial charge in [-0.15, -0.1) is 0 Å². The number of carbonyl (C=O) groups is 5. The normalized spacial score (nSPS) is 26.6. The second-order valence-corrected chi connectivity index (χ2v) is 20.1. The molecule has 0 aliphatic heterocycles. The van der Waals surface area contributed by atoms with Crippen LogP contribution < -0.4 is 21.3 Å². The number of esters is 2. The van der Waals surface area contributed by atoms with Crippen LogP contribution in [-0.4, -0.2) is 111 Å². The van der Waals surface area contributed by atoms with Crippen molar-refractivity contribution in [3.8, 4) is 0 Å². The molecule has 3 amide bonds. The molecule has 2 rings (SSSR count). The van der Waals surface area contributed by atoms with Crippen molar-refractivity contribution in [2.24, 2.45) is 21.7 Å². The van der Waals surface area contributed by atoms with Gasteiger partial charge >= 0.3 is 30.2 Å². The molecule has 362 valence electrons. The van der Waals surface area contributed by atoms with Gasteiger partial charge in [0.25, 0.3) is 0 Å². The number of carbonyl (C=O) groups excluding carboxylic acids is 5. The van der Waals surface area contributed by atoms with Gasteiger partial charge in [0.1, 0.15) is 43.9 Å². The molecule has 0 aromatic heterocycles. The van der Waals surface area contributed by atoms with Gasteiger partial charge in [0.05, 0.1) is 0 Å². The fraction of sp³-hybridized carbons (Fsp3) is 0.809. The Bertz CT molecular complexity index is 1520. The number of aliphatic hydroxyl groups excluding tert-OH is 1. The summed E-state index contributed by atoms with van der Waals surface area (Å²) < 4.78 is 32.3. The number of alkyl carbamates (subject to hydrolysis) is 3. The first-order valence-corrected chi connectivity index (χ1v) is 22.9. The Labute approximate surface area is 377 Å². The molecule has 16 heteroatoms. The fourth-order valence-electron chi connectivity index (χ4n) is 9.41. The van der Waals surface area contributed by atoms with Gasteiger partial charge in [-0.3, -0.25) is 5.32 Å². The van der Waals surface area contributed by atoms with Gasteiger partial charge < -0.3 is 49.5 Å². The molecule has 63 heavy (non-hydrogen) atoms. The molecule has 0 aromatic carbocycles. The van der Waals surface area contributed by atoms with E-state index in [1.807, 2.05) is 27.7 Å². The van der Waals surface area contributed by atoms with E-state index >= 15 is 0 Å². The van der Waals surface area contributed by atoms with Gasteiger partial charge in [-0.2, -0.15) is 0 Å². The molecule has 16 nitrogen and oxygen atoms in total. The van der Waals surface area contributed by atoms with Gasteiger partial charge in [0, 0.05) is 43.9 Å². The Morgan fingerprint density at radius 3 is 1.71 bits per heavy atom. The lowest BCUT2D eigenvalue weighted by atomic mass is 9.59. The fourth-order valence-corrected chi connectivity index (χ4v) is 9.41. The minimum atomic E-state index is -0.948. The maximum Gasteiger partial charge on any atom is 0.407 e. The highest BCUT2D eigenvalue weighted by molar-refractivity contribution is 5.81. The van der Waals surface area contributed by atoms with Gasteiger partial charge in [-0.05, 0) is 114 Å². The van der Waals surface area contributed by atoms with E-state index in [1.165, 1.54) is 0 Å². The molecule has 2 fully saturated rings. The summed E-state index contributed by atoms with van der Waals surface area (Å²) in [4.78, 5) is 60.7. The molecular formula is C47H82N4O12. The first-order valence-electron chi connectivity index (χ1n) is 22.9. The van der Waals surface area contributed by atoms with E-state index in [0.717, 1.165) is 69.9 Å². The maximum atomic E-state index is 13.3. The summed E-state index contributed by atoms with van der Waals surface area (Å²) in [6, 6.07) is -0.172. The molecular weight excluding hydrogens is 813 g/mol. The molecule has 5 N–H and O–H groups in total. The van der Waals surface area contributed by atoms with E-state index in [9.17, 15) is 29.1 Å². The molecule has 0 saturated heterocycles. The number of aliphatic hydroxyl groups is 1. The average Bonchev–Trinajstić information content (AvgIpc) is 3.21. The van der Waals surface area contributed by atoms with Crippen LogP contribution in [0.5, 0.6) is 0 Å². The number of hydrogen-bond donors (Lipinski definition) is 5. The molecule has 7 unspecified atom stereocenters. The molecule has 0 aromatic rings. The Morgan fingerprint density at radius 1 is 0.667 bits per heavy atom. The maximum absolute atomic E-state index is 13.3. The third kappa shape index (κ3) is 19.8. The van der Waals surface area contributed by atoms with Crippen LogP contribution in [0, 0.1) is 21.7 Å². The highest BCUT2D eigenvalue weighted by Crippen LogP contribution is 2.50. The molecule has 0 heterocycles. The number of amides is 3. The number of rotatable bonds is 26. The van der Waals surface area contributed by atoms with Crippen molar-refractivity contribution in [2.75, 3.05) is 46.1 Å². The number of hydrogen-bond acceptors (Lipinski definition) is 13. The second kappa shape index (κ2) is 25.0. The predicted octanol–water partition coefficient (Wildman–Crippen LogP) is 7.62. The summed E-state index contributed by atoms with van der Waals surface area (Å²) in [6.45, 7) is 28.1. The number of ether oxygens (including phenoxy) is 6. The third-order valence-electron chi connectivity index (χ3n) is 13.1. The first-order chi connectivity index (χ1) is 29.4. The lowest BCUT2D eigenvalue weighted by Gasteiger charge is -2.49. The van der Waals surface area contributed by atoms with Crippen LogP contribution >= 0.6 is 0 Å². The minimum Gasteiger partial charge on any atom is -0.459 e. The third-order valence-corrected chi connectivity index (χ3v) is 13.1. The van der Waals surface area contributed by atoms with E-state index in [0.29, 0.717) is 39.0 Å². The highest BCUT2D eigenvalue weighted by Gasteiger charge is 2.46. The smallest absolute Gasteiger partial charge is 0.407 e. The van der Waals surface area contributed by atoms with Crippen LogP contribution in [0.4, 0.5) is 14.4 Å². The lowest BCUT2D eigenvalue weighted by Crippen LogP contribution is -2.57. The van der Waals surface area contributed by atoms with Crippen LogP contribution in [0.1, 0.15) is 146 Å². The van der Waals surface area contributed by atoms with E-state index in [2.05, 4.69) is 76.0 Å². The lowest BCUT2D eigenvalue weighted by molar-refractivity contribution is -0.139. The van der Waals surface area contributed by atoms with Gasteiger partial charge in [-0.1, -0.05) is 67.5 Å². The van der Waals surface area contributed by atoms with Crippen LogP contribution in [0.2, 0.25) is 0 Å². The zero-order valence-corrected chi connectivity index (χ0v) is 40.2. The van der Waals surface area contributed by atoms with Gasteiger partial charge in [0.15, 0.2) is 0 Å². The van der Waals surface area contributed by atoms with Crippen molar-refractivity contribution in [3.05, 3.63) is 25.3 Å². The molecule has 0 bridgehead atoms. The summed E-state index contributed by atoms with van der Waals surface area (Å²) in [5, 5.41) is 23.7. The Balaban J connectivity index is 1.85. The van der Waals surface area contributed by atoms with Crippen molar-refractivity contribution < 1.29 is 57.5 Å². The highest BCUT2D eigenvalue weighted by atomic mass is 16.6. The molecule has 2 aliphatic rings. The van der Waals surface area contributed by atoms with Crippen molar-refractivity contribution in [2.45, 2.75) is 176 Å². The predicted molar refractivity (Wildman–Crippen MR) is 241 cm³/mol. The summed E-state index contributed by atoms with van der Waals surface area (Å²) in [7, 11) is 0. The zero-order chi connectivity index (χ0) is 47.5. The van der Waals surface area contributed by atoms with Gasteiger partial charge in [0.2, 0.25) is 0 Å². The standard InChI is InChI=1S/C47H82N4O12/c1-13-36(52)58-22-24-60-39(55)48-32-46(12)28-34(26-44(10,15-3)30-46)50-38(54)43(8,9)62-21-19-18-20-42(6,7)63-41(57)51-35-27-45(11,16-4)31-47(17-5,29-35)33-49-40(56)61-25-23-59-37(53)14-2/h13-14,34-35,38,50,54H,1-2,15-33H2,3-12H3,(H,48,55)(H,49,56)(H,51,57). The summed E-state index contributed by atoms with van der Waals surface area (Å²) in [5.41, 5.74) is -2.23. The van der Waals surface area contributed by atoms with E-state index in [4.69, 9.17) is 28.4 Å². The quantitative estimate of drug-likeness (QED) is 0.0186.